The highest BCUT2D eigenvalue weighted by molar-refractivity contribution is 7.92. The lowest BCUT2D eigenvalue weighted by Crippen LogP contribution is -2.49. The first kappa shape index (κ1) is 23.7. The minimum absolute atomic E-state index is 0.0723. The number of likely N-dealkylation sites (tertiary alicyclic amines) is 1. The van der Waals surface area contributed by atoms with Crippen LogP contribution in [0.5, 0.6) is 0 Å². The van der Waals surface area contributed by atoms with E-state index in [0.717, 1.165) is 37.8 Å². The zero-order chi connectivity index (χ0) is 24.4. The van der Waals surface area contributed by atoms with Crippen LogP contribution in [0.15, 0.2) is 53.4 Å². The van der Waals surface area contributed by atoms with Crippen molar-refractivity contribution in [3.05, 3.63) is 54.1 Å². The molecular weight excluding hydrogens is 464 g/mol. The third-order valence-corrected chi connectivity index (χ3v) is 8.43. The average molecular weight is 497 g/mol. The first-order valence-electron chi connectivity index (χ1n) is 12.5. The standard InChI is InChI=1S/C26H32N4O4S/c31-25(20-9-10-20)30-17-15-28(16-18-30)24-12-11-21(27-35(33,34)22-7-3-1-4-8-22)19-23(24)26(32)29-13-5-2-6-14-29/h1,3-4,7-8,11-12,19-20,27H,2,5-6,9-10,13-18H2. The summed E-state index contributed by atoms with van der Waals surface area (Å²) in [5, 5.41) is 0. The Balaban J connectivity index is 1.40. The number of amides is 2. The molecule has 5 rings (SSSR count). The highest BCUT2D eigenvalue weighted by Gasteiger charge is 2.35. The number of piperidine rings is 1. The highest BCUT2D eigenvalue weighted by atomic mass is 32.2. The van der Waals surface area contributed by atoms with E-state index in [4.69, 9.17) is 0 Å². The maximum Gasteiger partial charge on any atom is 0.261 e. The molecule has 35 heavy (non-hydrogen) atoms. The van der Waals surface area contributed by atoms with Crippen LogP contribution in [0, 0.1) is 5.92 Å². The van der Waals surface area contributed by atoms with Gasteiger partial charge in [0.2, 0.25) is 5.91 Å². The number of carbonyl (C=O) groups is 2. The van der Waals surface area contributed by atoms with Crippen LogP contribution in [0.1, 0.15) is 42.5 Å². The van der Waals surface area contributed by atoms with Gasteiger partial charge in [-0.25, -0.2) is 8.42 Å². The second-order valence-corrected chi connectivity index (χ2v) is 11.3. The molecular formula is C26H32N4O4S. The topological polar surface area (TPSA) is 90.0 Å². The number of sulfonamides is 1. The van der Waals surface area contributed by atoms with Crippen molar-refractivity contribution in [3.8, 4) is 0 Å². The Kier molecular flexibility index (Phi) is 6.69. The number of rotatable bonds is 6. The van der Waals surface area contributed by atoms with E-state index < -0.39 is 10.0 Å². The van der Waals surface area contributed by atoms with E-state index in [1.807, 2.05) is 15.9 Å². The third kappa shape index (κ3) is 5.29. The van der Waals surface area contributed by atoms with Gasteiger partial charge in [-0.1, -0.05) is 18.2 Å². The molecule has 8 nitrogen and oxygen atoms in total. The van der Waals surface area contributed by atoms with Crippen molar-refractivity contribution in [1.82, 2.24) is 9.80 Å². The van der Waals surface area contributed by atoms with Crippen molar-refractivity contribution in [2.75, 3.05) is 48.9 Å². The predicted octanol–water partition coefficient (Wildman–Crippen LogP) is 3.17. The average Bonchev–Trinajstić information content (AvgIpc) is 3.74. The molecule has 0 spiro atoms. The Bertz CT molecular complexity index is 1180. The van der Waals surface area contributed by atoms with Crippen molar-refractivity contribution in [2.24, 2.45) is 5.92 Å². The number of carbonyl (C=O) groups excluding carboxylic acids is 2. The predicted molar refractivity (Wildman–Crippen MR) is 135 cm³/mol. The van der Waals surface area contributed by atoms with E-state index in [1.165, 1.54) is 0 Å². The molecule has 9 heteroatoms. The first-order chi connectivity index (χ1) is 16.9. The van der Waals surface area contributed by atoms with Crippen molar-refractivity contribution in [3.63, 3.8) is 0 Å². The van der Waals surface area contributed by atoms with Crippen molar-refractivity contribution in [2.45, 2.75) is 37.0 Å². The lowest BCUT2D eigenvalue weighted by Gasteiger charge is -2.37. The van der Waals surface area contributed by atoms with E-state index in [0.29, 0.717) is 50.5 Å². The highest BCUT2D eigenvalue weighted by Crippen LogP contribution is 2.33. The molecule has 2 heterocycles. The van der Waals surface area contributed by atoms with E-state index in [9.17, 15) is 18.0 Å². The second-order valence-electron chi connectivity index (χ2n) is 9.59. The van der Waals surface area contributed by atoms with Crippen LogP contribution in [0.4, 0.5) is 11.4 Å². The van der Waals surface area contributed by atoms with Crippen LogP contribution in [0.25, 0.3) is 0 Å². The molecule has 186 valence electrons. The van der Waals surface area contributed by atoms with Gasteiger partial charge in [-0.2, -0.15) is 0 Å². The summed E-state index contributed by atoms with van der Waals surface area (Å²) in [5.74, 6) is 0.381. The second kappa shape index (κ2) is 9.89. The monoisotopic (exact) mass is 496 g/mol. The molecule has 2 aliphatic heterocycles. The molecule has 1 aliphatic carbocycles. The summed E-state index contributed by atoms with van der Waals surface area (Å²) in [4.78, 5) is 32.2. The fourth-order valence-corrected chi connectivity index (χ4v) is 5.95. The summed E-state index contributed by atoms with van der Waals surface area (Å²) in [7, 11) is -3.77. The fourth-order valence-electron chi connectivity index (χ4n) is 4.88. The lowest BCUT2D eigenvalue weighted by molar-refractivity contribution is -0.132. The molecule has 2 saturated heterocycles. The van der Waals surface area contributed by atoms with Gasteiger partial charge in [0.1, 0.15) is 0 Å². The number of nitrogens with zero attached hydrogens (tertiary/aromatic N) is 3. The molecule has 0 bridgehead atoms. The number of hydrogen-bond donors (Lipinski definition) is 1. The molecule has 1 saturated carbocycles. The van der Waals surface area contributed by atoms with Gasteiger partial charge in [0.15, 0.2) is 0 Å². The maximum absolute atomic E-state index is 13.6. The Labute approximate surface area is 206 Å². The summed E-state index contributed by atoms with van der Waals surface area (Å²) in [6, 6.07) is 13.4. The van der Waals surface area contributed by atoms with Crippen LogP contribution in [0.2, 0.25) is 0 Å². The zero-order valence-electron chi connectivity index (χ0n) is 19.9. The number of nitrogens with one attached hydrogen (secondary N) is 1. The molecule has 0 radical (unpaired) electrons. The Hall–Kier alpha value is -3.07. The van der Waals surface area contributed by atoms with Gasteiger partial charge < -0.3 is 14.7 Å². The van der Waals surface area contributed by atoms with E-state index in [1.54, 1.807) is 42.5 Å². The molecule has 0 aromatic heterocycles. The number of benzene rings is 2. The maximum atomic E-state index is 13.6. The number of anilines is 2. The van der Waals surface area contributed by atoms with Crippen LogP contribution in [0.3, 0.4) is 0 Å². The summed E-state index contributed by atoms with van der Waals surface area (Å²) < 4.78 is 28.4. The molecule has 2 aromatic carbocycles. The number of hydrogen-bond acceptors (Lipinski definition) is 5. The Morgan fingerprint density at radius 3 is 2.14 bits per heavy atom. The molecule has 0 atom stereocenters. The lowest BCUT2D eigenvalue weighted by atomic mass is 10.1. The smallest absolute Gasteiger partial charge is 0.261 e. The van der Waals surface area contributed by atoms with Gasteiger partial charge in [-0.3, -0.25) is 14.3 Å². The van der Waals surface area contributed by atoms with Crippen LogP contribution >= 0.6 is 0 Å². The van der Waals surface area contributed by atoms with Gasteiger partial charge in [0.05, 0.1) is 10.5 Å². The summed E-state index contributed by atoms with van der Waals surface area (Å²) in [6.45, 7) is 3.98. The SMILES string of the molecule is O=C(c1cc(NS(=O)(=O)c2ccccc2)ccc1N1CCN(C(=O)C2CC2)CC1)N1CCCCC1. The van der Waals surface area contributed by atoms with Crippen molar-refractivity contribution < 1.29 is 18.0 Å². The summed E-state index contributed by atoms with van der Waals surface area (Å²) in [5.41, 5.74) is 1.66. The summed E-state index contributed by atoms with van der Waals surface area (Å²) >= 11 is 0. The van der Waals surface area contributed by atoms with Gasteiger partial charge in [-0.15, -0.1) is 0 Å². The van der Waals surface area contributed by atoms with E-state index >= 15 is 0 Å². The van der Waals surface area contributed by atoms with Crippen LogP contribution in [-0.4, -0.2) is 69.3 Å². The van der Waals surface area contributed by atoms with Crippen molar-refractivity contribution >= 4 is 33.2 Å². The quantitative estimate of drug-likeness (QED) is 0.664. The summed E-state index contributed by atoms with van der Waals surface area (Å²) in [6.07, 6.45) is 5.05. The van der Waals surface area contributed by atoms with Gasteiger partial charge in [0.25, 0.3) is 15.9 Å². The Morgan fingerprint density at radius 1 is 0.800 bits per heavy atom. The minimum atomic E-state index is -3.77. The van der Waals surface area contributed by atoms with Crippen molar-refractivity contribution in [1.29, 1.82) is 0 Å². The number of piperazine rings is 1. The fraction of sp³-hybridized carbons (Fsp3) is 0.462. The molecule has 1 N–H and O–H groups in total. The van der Waals surface area contributed by atoms with Gasteiger partial charge in [0, 0.05) is 56.6 Å². The molecule has 3 fully saturated rings. The molecule has 0 unspecified atom stereocenters. The van der Waals surface area contributed by atoms with E-state index in [-0.39, 0.29) is 22.6 Å². The van der Waals surface area contributed by atoms with Crippen LogP contribution < -0.4 is 9.62 Å². The van der Waals surface area contributed by atoms with Gasteiger partial charge in [-0.05, 0) is 62.4 Å². The Morgan fingerprint density at radius 2 is 1.49 bits per heavy atom. The minimum Gasteiger partial charge on any atom is -0.367 e. The third-order valence-electron chi connectivity index (χ3n) is 7.03. The van der Waals surface area contributed by atoms with Crippen LogP contribution in [-0.2, 0) is 14.8 Å². The first-order valence-corrected chi connectivity index (χ1v) is 14.0. The molecule has 2 amide bonds. The molecule has 2 aromatic rings. The normalized spacial score (nSPS) is 18.9. The van der Waals surface area contributed by atoms with E-state index in [2.05, 4.69) is 9.62 Å². The zero-order valence-corrected chi connectivity index (χ0v) is 20.7. The largest absolute Gasteiger partial charge is 0.367 e. The van der Waals surface area contributed by atoms with Gasteiger partial charge >= 0.3 is 0 Å². The molecule has 3 aliphatic rings.